The van der Waals surface area contributed by atoms with Crippen LogP contribution >= 0.6 is 85.6 Å². The fourth-order valence-corrected chi connectivity index (χ4v) is 17.5. The van der Waals surface area contributed by atoms with Crippen LogP contribution in [0.2, 0.25) is 0 Å². The zero-order chi connectivity index (χ0) is 22.0. The van der Waals surface area contributed by atoms with Crippen molar-refractivity contribution < 1.29 is 28.4 Å². The molecule has 0 atom stereocenters. The molecule has 0 saturated carbocycles. The third-order valence-electron chi connectivity index (χ3n) is 1.75. The van der Waals surface area contributed by atoms with Crippen LogP contribution in [-0.4, -0.2) is 75.0 Å². The molecule has 0 aromatic carbocycles. The molecular weight excluding hydrogens is 640 g/mol. The Labute approximate surface area is 213 Å². The van der Waals surface area contributed by atoms with E-state index in [9.17, 15) is 13.7 Å². The van der Waals surface area contributed by atoms with Crippen LogP contribution in [0.3, 0.4) is 0 Å². The van der Waals surface area contributed by atoms with Crippen molar-refractivity contribution in [1.29, 1.82) is 0 Å². The molecule has 0 spiro atoms. The maximum Gasteiger partial charge on any atom is 0.310 e. The molecule has 0 aromatic heterocycles. The Kier molecular flexibility index (Phi) is 32.8. The summed E-state index contributed by atoms with van der Waals surface area (Å²) in [6.07, 6.45) is 0. The molecule has 0 unspecified atom stereocenters. The average molecular weight is 674 g/mol. The first kappa shape index (κ1) is 38.8. The van der Waals surface area contributed by atoms with Crippen LogP contribution in [0.25, 0.3) is 0 Å². The first-order valence-electron chi connectivity index (χ1n) is 8.22. The number of hydrogen-bond donors (Lipinski definition) is 3. The summed E-state index contributed by atoms with van der Waals surface area (Å²) in [6.45, 7) is 11.3. The minimum absolute atomic E-state index is 0. The first-order chi connectivity index (χ1) is 12.4. The Hall–Kier alpha value is 3.54. The van der Waals surface area contributed by atoms with E-state index in [4.69, 9.17) is 14.7 Å². The van der Waals surface area contributed by atoms with Gasteiger partial charge in [-0.3, -0.25) is 13.7 Å². The molecule has 171 valence electrons. The molecule has 0 bridgehead atoms. The summed E-state index contributed by atoms with van der Waals surface area (Å²) in [6, 6.07) is 0. The second kappa shape index (κ2) is 23.7. The van der Waals surface area contributed by atoms with Crippen molar-refractivity contribution in [3.63, 3.8) is 0 Å². The molecule has 0 aliphatic carbocycles. The minimum atomic E-state index is -2.86. The van der Waals surface area contributed by atoms with Crippen molar-refractivity contribution in [1.82, 2.24) is 0 Å². The molecule has 0 saturated heterocycles. The Bertz CT molecular complexity index is 394. The van der Waals surface area contributed by atoms with Crippen molar-refractivity contribution in [3.05, 3.63) is 0 Å². The molecule has 28 heavy (non-hydrogen) atoms. The summed E-state index contributed by atoms with van der Waals surface area (Å²) in [5, 5.41) is 0. The Morgan fingerprint density at radius 2 is 0.571 bits per heavy atom. The summed E-state index contributed by atoms with van der Waals surface area (Å²) >= 11 is 6.79. The molecule has 16 heteroatoms. The van der Waals surface area contributed by atoms with E-state index in [0.29, 0.717) is 34.5 Å². The van der Waals surface area contributed by atoms with Crippen LogP contribution in [0.1, 0.15) is 41.5 Å². The van der Waals surface area contributed by atoms with Crippen molar-refractivity contribution in [2.45, 2.75) is 41.5 Å². The third kappa shape index (κ3) is 31.7. The zero-order valence-electron chi connectivity index (χ0n) is 17.2. The van der Waals surface area contributed by atoms with Gasteiger partial charge < -0.3 is 14.7 Å². The van der Waals surface area contributed by atoms with Crippen LogP contribution in [0.15, 0.2) is 0 Å². The van der Waals surface area contributed by atoms with Gasteiger partial charge in [-0.2, -0.15) is 0 Å². The maximum absolute atomic E-state index is 10.9. The molecule has 0 aliphatic heterocycles. The normalized spacial score (nSPS) is 11.5. The minimum Gasteiger partial charge on any atom is -0.329 e. The van der Waals surface area contributed by atoms with Gasteiger partial charge in [-0.25, -0.2) is 0 Å². The number of rotatable bonds is 12. The number of hydrogen-bond acceptors (Lipinski definition) is 9. The van der Waals surface area contributed by atoms with Crippen molar-refractivity contribution in [2.24, 2.45) is 0 Å². The van der Waals surface area contributed by atoms with Crippen LogP contribution in [0.5, 0.6) is 0 Å². The summed E-state index contributed by atoms with van der Waals surface area (Å²) in [7, 11) is 0. The van der Waals surface area contributed by atoms with Gasteiger partial charge in [-0.05, 0) is 0 Å². The van der Waals surface area contributed by atoms with E-state index in [0.717, 1.165) is 68.3 Å². The van der Waals surface area contributed by atoms with Gasteiger partial charge >= 0.3 is 17.3 Å². The van der Waals surface area contributed by atoms with E-state index in [-0.39, 0.29) is 25.8 Å². The molecule has 0 heterocycles. The molecule has 0 rings (SSSR count). The Morgan fingerprint density at radius 1 is 0.464 bits per heavy atom. The molecule has 0 fully saturated rings. The van der Waals surface area contributed by atoms with Crippen LogP contribution in [0.4, 0.5) is 0 Å². The molecule has 0 amide bonds. The smallest absolute Gasteiger partial charge is 0.310 e. The summed E-state index contributed by atoms with van der Waals surface area (Å²) < 4.78 is 32.7. The van der Waals surface area contributed by atoms with Crippen molar-refractivity contribution >= 4 is 111 Å². The molecule has 0 aliphatic rings. The summed E-state index contributed by atoms with van der Waals surface area (Å²) in [5.41, 5.74) is 0. The molecular formula is C12H33InO6P3S6. The Morgan fingerprint density at radius 3 is 0.643 bits per heavy atom. The fourth-order valence-electron chi connectivity index (χ4n) is 1.09. The van der Waals surface area contributed by atoms with Gasteiger partial charge in [0.1, 0.15) is 0 Å². The zero-order valence-corrected chi connectivity index (χ0v) is 28.1. The predicted molar refractivity (Wildman–Crippen MR) is 144 cm³/mol. The van der Waals surface area contributed by atoms with E-state index >= 15 is 0 Å². The standard InChI is InChI=1S/3C4H11O2PS2.In/c3*1-3-8-7(5,6)9-4-2;/h3*3-4H2,1-2H3,(H,5,6);. The SMILES string of the molecule is CCSP(=O)(O)SCC.CCSP(=O)(O)SCC.CCSP(=O)(O)SCC.[In]. The van der Waals surface area contributed by atoms with Gasteiger partial charge in [0.2, 0.25) is 0 Å². The largest absolute Gasteiger partial charge is 0.329 e. The van der Waals surface area contributed by atoms with Gasteiger partial charge in [-0.1, -0.05) is 110 Å². The van der Waals surface area contributed by atoms with Gasteiger partial charge in [0.25, 0.3) is 0 Å². The van der Waals surface area contributed by atoms with Crippen molar-refractivity contribution in [3.8, 4) is 0 Å². The molecule has 0 aromatic rings. The molecule has 3 radical (unpaired) electrons. The van der Waals surface area contributed by atoms with Crippen LogP contribution in [0, 0.1) is 0 Å². The van der Waals surface area contributed by atoms with Crippen LogP contribution < -0.4 is 0 Å². The maximum atomic E-state index is 10.9. The fraction of sp³-hybridized carbons (Fsp3) is 1.00. The van der Waals surface area contributed by atoms with Crippen LogP contribution in [-0.2, 0) is 13.7 Å². The Balaban J connectivity index is -0.000000152. The van der Waals surface area contributed by atoms with E-state index < -0.39 is 17.3 Å². The third-order valence-corrected chi connectivity index (χ3v) is 21.5. The molecule has 3 N–H and O–H groups in total. The van der Waals surface area contributed by atoms with E-state index in [2.05, 4.69) is 0 Å². The van der Waals surface area contributed by atoms with Gasteiger partial charge in [0, 0.05) is 60.4 Å². The monoisotopic (exact) mass is 673 g/mol. The van der Waals surface area contributed by atoms with E-state index in [1.165, 1.54) is 0 Å². The van der Waals surface area contributed by atoms with E-state index in [1.807, 2.05) is 41.5 Å². The summed E-state index contributed by atoms with van der Waals surface area (Å²) in [4.78, 5) is 27.0. The average Bonchev–Trinajstić information content (AvgIpc) is 2.47. The van der Waals surface area contributed by atoms with E-state index in [1.54, 1.807) is 0 Å². The molecule has 6 nitrogen and oxygen atoms in total. The summed E-state index contributed by atoms with van der Waals surface area (Å²) in [5.74, 6) is -4.32. The second-order valence-electron chi connectivity index (χ2n) is 3.91. The predicted octanol–water partition coefficient (Wildman–Crippen LogP) is 7.40. The van der Waals surface area contributed by atoms with Gasteiger partial charge in [0.15, 0.2) is 0 Å². The van der Waals surface area contributed by atoms with Crippen molar-refractivity contribution in [2.75, 3.05) is 34.5 Å². The van der Waals surface area contributed by atoms with Gasteiger partial charge in [-0.15, -0.1) is 0 Å². The quantitative estimate of drug-likeness (QED) is 0.180. The van der Waals surface area contributed by atoms with Gasteiger partial charge in [0.05, 0.1) is 0 Å². The first-order valence-corrected chi connectivity index (χ1v) is 22.7. The second-order valence-corrected chi connectivity index (χ2v) is 27.4. The topological polar surface area (TPSA) is 112 Å².